The van der Waals surface area contributed by atoms with Crippen LogP contribution in [0.1, 0.15) is 6.42 Å². The number of nitrogens with zero attached hydrogens (tertiary/aromatic N) is 1. The summed E-state index contributed by atoms with van der Waals surface area (Å²) in [5.41, 5.74) is 1.89. The number of aromatic amines is 1. The number of hydrogen-bond donors (Lipinski definition) is 2. The van der Waals surface area contributed by atoms with E-state index in [9.17, 15) is 4.79 Å². The molecule has 1 fully saturated rings. The van der Waals surface area contributed by atoms with Crippen LogP contribution in [0.5, 0.6) is 0 Å². The molecular formula is C13H15N3OS. The van der Waals surface area contributed by atoms with Gasteiger partial charge in [-0.25, -0.2) is 4.79 Å². The van der Waals surface area contributed by atoms with E-state index in [1.54, 1.807) is 17.0 Å². The van der Waals surface area contributed by atoms with Crippen molar-refractivity contribution < 1.29 is 0 Å². The molecule has 0 aliphatic carbocycles. The predicted molar refractivity (Wildman–Crippen MR) is 75.7 cm³/mol. The Kier molecular flexibility index (Phi) is 3.15. The largest absolute Gasteiger partial charge is 0.381 e. The summed E-state index contributed by atoms with van der Waals surface area (Å²) >= 11 is 1.99. The van der Waals surface area contributed by atoms with E-state index in [2.05, 4.69) is 10.3 Å². The van der Waals surface area contributed by atoms with Crippen LogP contribution < -0.4 is 11.0 Å². The highest BCUT2D eigenvalue weighted by molar-refractivity contribution is 7.99. The van der Waals surface area contributed by atoms with Crippen LogP contribution >= 0.6 is 11.8 Å². The van der Waals surface area contributed by atoms with Gasteiger partial charge in [0.25, 0.3) is 0 Å². The Balaban J connectivity index is 1.76. The monoisotopic (exact) mass is 261 g/mol. The van der Waals surface area contributed by atoms with Crippen molar-refractivity contribution in [2.45, 2.75) is 12.5 Å². The molecule has 0 radical (unpaired) electrons. The molecule has 2 heterocycles. The van der Waals surface area contributed by atoms with Crippen LogP contribution in [0.15, 0.2) is 41.5 Å². The van der Waals surface area contributed by atoms with Crippen LogP contribution in [0, 0.1) is 0 Å². The molecule has 4 nitrogen and oxygen atoms in total. The smallest absolute Gasteiger partial charge is 0.330 e. The lowest BCUT2D eigenvalue weighted by Crippen LogP contribution is -2.18. The minimum atomic E-state index is -0.108. The number of H-pyrrole nitrogens is 1. The molecule has 3 rings (SSSR count). The summed E-state index contributed by atoms with van der Waals surface area (Å²) in [6.07, 6.45) is 4.60. The maximum atomic E-state index is 11.5. The zero-order valence-corrected chi connectivity index (χ0v) is 10.7. The van der Waals surface area contributed by atoms with Gasteiger partial charge in [0.2, 0.25) is 0 Å². The maximum absolute atomic E-state index is 11.5. The molecule has 1 saturated heterocycles. The molecule has 1 aromatic heterocycles. The quantitative estimate of drug-likeness (QED) is 0.889. The fourth-order valence-corrected chi connectivity index (χ4v) is 3.28. The summed E-state index contributed by atoms with van der Waals surface area (Å²) in [5.74, 6) is 2.42. The normalized spacial score (nSPS) is 19.0. The van der Waals surface area contributed by atoms with Gasteiger partial charge in [0.05, 0.1) is 5.69 Å². The first-order valence-electron chi connectivity index (χ1n) is 6.04. The Morgan fingerprint density at radius 3 is 2.78 bits per heavy atom. The topological polar surface area (TPSA) is 49.8 Å². The third-order valence-electron chi connectivity index (χ3n) is 3.10. The fraction of sp³-hybridized carbons (Fsp3) is 0.308. The second-order valence-corrected chi connectivity index (χ2v) is 5.54. The second-order valence-electron chi connectivity index (χ2n) is 4.39. The molecule has 0 amide bonds. The van der Waals surface area contributed by atoms with Crippen LogP contribution in [0.2, 0.25) is 0 Å². The zero-order valence-electron chi connectivity index (χ0n) is 9.93. The molecule has 0 spiro atoms. The Morgan fingerprint density at radius 1 is 1.33 bits per heavy atom. The minimum absolute atomic E-state index is 0.108. The number of hydrogen-bond acceptors (Lipinski definition) is 3. The van der Waals surface area contributed by atoms with E-state index < -0.39 is 0 Å². The van der Waals surface area contributed by atoms with E-state index >= 15 is 0 Å². The first-order valence-corrected chi connectivity index (χ1v) is 7.19. The summed E-state index contributed by atoms with van der Waals surface area (Å²) in [5, 5.41) is 3.51. The van der Waals surface area contributed by atoms with E-state index in [1.807, 2.05) is 36.0 Å². The molecule has 18 heavy (non-hydrogen) atoms. The zero-order chi connectivity index (χ0) is 12.4. The van der Waals surface area contributed by atoms with Crippen molar-refractivity contribution in [3.8, 4) is 5.69 Å². The molecule has 1 aliphatic heterocycles. The van der Waals surface area contributed by atoms with Crippen LogP contribution in [-0.2, 0) is 0 Å². The van der Waals surface area contributed by atoms with E-state index in [1.165, 1.54) is 17.9 Å². The molecule has 1 aliphatic rings. The van der Waals surface area contributed by atoms with Crippen LogP contribution in [-0.4, -0.2) is 27.1 Å². The van der Waals surface area contributed by atoms with E-state index in [-0.39, 0.29) is 5.69 Å². The van der Waals surface area contributed by atoms with Gasteiger partial charge in [-0.15, -0.1) is 0 Å². The SMILES string of the molecule is O=c1[nH]ccn1-c1ccc(NC2CCSC2)cc1. The van der Waals surface area contributed by atoms with Crippen LogP contribution in [0.4, 0.5) is 5.69 Å². The molecule has 94 valence electrons. The average molecular weight is 261 g/mol. The summed E-state index contributed by atoms with van der Waals surface area (Å²) in [4.78, 5) is 14.1. The number of rotatable bonds is 3. The van der Waals surface area contributed by atoms with Crippen LogP contribution in [0.3, 0.4) is 0 Å². The number of benzene rings is 1. The fourth-order valence-electron chi connectivity index (χ4n) is 2.13. The maximum Gasteiger partial charge on any atom is 0.330 e. The van der Waals surface area contributed by atoms with Gasteiger partial charge in [-0.1, -0.05) is 0 Å². The molecule has 0 saturated carbocycles. The van der Waals surface area contributed by atoms with Crippen molar-refractivity contribution in [3.05, 3.63) is 47.1 Å². The second kappa shape index (κ2) is 4.94. The van der Waals surface area contributed by atoms with E-state index in [0.717, 1.165) is 11.4 Å². The Bertz CT molecular complexity index is 566. The summed E-state index contributed by atoms with van der Waals surface area (Å²) in [7, 11) is 0. The molecule has 2 N–H and O–H groups in total. The number of aromatic nitrogens is 2. The van der Waals surface area contributed by atoms with Gasteiger partial charge in [-0.05, 0) is 36.4 Å². The third-order valence-corrected chi connectivity index (χ3v) is 4.26. The highest BCUT2D eigenvalue weighted by Crippen LogP contribution is 2.21. The third kappa shape index (κ3) is 2.31. The molecule has 1 aromatic carbocycles. The molecular weight excluding hydrogens is 246 g/mol. The highest BCUT2D eigenvalue weighted by Gasteiger charge is 2.14. The first-order chi connectivity index (χ1) is 8.83. The number of imidazole rings is 1. The lowest BCUT2D eigenvalue weighted by atomic mass is 10.2. The molecule has 2 aromatic rings. The van der Waals surface area contributed by atoms with Gasteiger partial charge in [0.1, 0.15) is 0 Å². The Labute approximate surface area is 109 Å². The lowest BCUT2D eigenvalue weighted by Gasteiger charge is -2.13. The van der Waals surface area contributed by atoms with Crippen molar-refractivity contribution in [1.82, 2.24) is 9.55 Å². The van der Waals surface area contributed by atoms with Crippen molar-refractivity contribution in [2.24, 2.45) is 0 Å². The molecule has 1 atom stereocenters. The lowest BCUT2D eigenvalue weighted by molar-refractivity contribution is 0.813. The highest BCUT2D eigenvalue weighted by atomic mass is 32.2. The first kappa shape index (κ1) is 11.5. The molecule has 5 heteroatoms. The number of anilines is 1. The Morgan fingerprint density at radius 2 is 2.17 bits per heavy atom. The Hall–Kier alpha value is -1.62. The van der Waals surface area contributed by atoms with Crippen molar-refractivity contribution >= 4 is 17.4 Å². The van der Waals surface area contributed by atoms with Crippen molar-refractivity contribution in [3.63, 3.8) is 0 Å². The minimum Gasteiger partial charge on any atom is -0.381 e. The van der Waals surface area contributed by atoms with Crippen LogP contribution in [0.25, 0.3) is 5.69 Å². The summed E-state index contributed by atoms with van der Waals surface area (Å²) < 4.78 is 1.59. The van der Waals surface area contributed by atoms with Crippen molar-refractivity contribution in [2.75, 3.05) is 16.8 Å². The van der Waals surface area contributed by atoms with Crippen molar-refractivity contribution in [1.29, 1.82) is 0 Å². The van der Waals surface area contributed by atoms with Gasteiger partial charge in [0, 0.05) is 29.9 Å². The van der Waals surface area contributed by atoms with Gasteiger partial charge >= 0.3 is 5.69 Å². The predicted octanol–water partition coefficient (Wildman–Crippen LogP) is 2.08. The van der Waals surface area contributed by atoms with E-state index in [4.69, 9.17) is 0 Å². The number of thioether (sulfide) groups is 1. The molecule has 0 bridgehead atoms. The standard InChI is InChI=1S/C13H15N3OS/c17-13-14-6-7-16(13)12-3-1-10(2-4-12)15-11-5-8-18-9-11/h1-4,6-7,11,15H,5,8-9H2,(H,14,17). The molecule has 1 unspecified atom stereocenters. The van der Waals surface area contributed by atoms with E-state index in [0.29, 0.717) is 6.04 Å². The number of nitrogens with one attached hydrogen (secondary N) is 2. The summed E-state index contributed by atoms with van der Waals surface area (Å²) in [6.45, 7) is 0. The van der Waals surface area contributed by atoms with Gasteiger partial charge < -0.3 is 10.3 Å². The van der Waals surface area contributed by atoms with Gasteiger partial charge in [-0.3, -0.25) is 4.57 Å². The van der Waals surface area contributed by atoms with Gasteiger partial charge in [-0.2, -0.15) is 11.8 Å². The summed E-state index contributed by atoms with van der Waals surface area (Å²) in [6, 6.07) is 8.55. The average Bonchev–Trinajstić information content (AvgIpc) is 3.02. The van der Waals surface area contributed by atoms with Gasteiger partial charge in [0.15, 0.2) is 0 Å².